The van der Waals surface area contributed by atoms with Crippen molar-refractivity contribution in [1.82, 2.24) is 0 Å². The number of carbonyl (C=O) groups excluding carboxylic acids is 1. The van der Waals surface area contributed by atoms with Crippen molar-refractivity contribution in [2.75, 3.05) is 7.11 Å². The van der Waals surface area contributed by atoms with Gasteiger partial charge in [-0.05, 0) is 30.5 Å². The fourth-order valence-electron chi connectivity index (χ4n) is 2.96. The van der Waals surface area contributed by atoms with Crippen LogP contribution in [0.1, 0.15) is 44.1 Å². The second-order valence-corrected chi connectivity index (χ2v) is 5.49. The normalized spacial score (nSPS) is 18.6. The van der Waals surface area contributed by atoms with Gasteiger partial charge in [-0.15, -0.1) is 0 Å². The van der Waals surface area contributed by atoms with Crippen LogP contribution in [0.15, 0.2) is 18.2 Å². The van der Waals surface area contributed by atoms with Gasteiger partial charge in [0.2, 0.25) is 0 Å². The number of Topliss-reactive ketones (excluding diaryl/α,β-unsaturated/α-hetero) is 1. The van der Waals surface area contributed by atoms with Crippen LogP contribution < -0.4 is 0 Å². The lowest BCUT2D eigenvalue weighted by Crippen LogP contribution is -2.41. The maximum absolute atomic E-state index is 13.2. The summed E-state index contributed by atoms with van der Waals surface area (Å²) in [6.45, 7) is 0. The molecule has 1 aromatic rings. The summed E-state index contributed by atoms with van der Waals surface area (Å²) >= 11 is 0. The molecule has 0 spiro atoms. The van der Waals surface area contributed by atoms with E-state index in [0.717, 1.165) is 31.7 Å². The molecule has 0 N–H and O–H groups in total. The summed E-state index contributed by atoms with van der Waals surface area (Å²) in [5.74, 6) is -1.38. The number of hydrogen-bond acceptors (Lipinski definition) is 2. The third-order valence-electron chi connectivity index (χ3n) is 4.10. The second-order valence-electron chi connectivity index (χ2n) is 5.49. The van der Waals surface area contributed by atoms with E-state index in [0.29, 0.717) is 18.4 Å². The van der Waals surface area contributed by atoms with E-state index in [-0.39, 0.29) is 12.2 Å². The van der Waals surface area contributed by atoms with Crippen molar-refractivity contribution in [3.8, 4) is 0 Å². The minimum Gasteiger partial charge on any atom is -0.370 e. The van der Waals surface area contributed by atoms with Crippen molar-refractivity contribution in [2.45, 2.75) is 50.5 Å². The summed E-state index contributed by atoms with van der Waals surface area (Å²) in [5.41, 5.74) is -0.410. The van der Waals surface area contributed by atoms with E-state index < -0.39 is 17.2 Å². The van der Waals surface area contributed by atoms with Crippen molar-refractivity contribution < 1.29 is 18.3 Å². The Labute approximate surface area is 118 Å². The third-order valence-corrected chi connectivity index (χ3v) is 4.10. The number of ether oxygens (including phenoxy) is 1. The molecule has 0 aliphatic heterocycles. The third kappa shape index (κ3) is 3.42. The van der Waals surface area contributed by atoms with E-state index in [1.54, 1.807) is 7.11 Å². The molecule has 0 heterocycles. The average molecular weight is 282 g/mol. The van der Waals surface area contributed by atoms with Gasteiger partial charge < -0.3 is 4.74 Å². The molecule has 20 heavy (non-hydrogen) atoms. The molecule has 2 nitrogen and oxygen atoms in total. The van der Waals surface area contributed by atoms with Crippen LogP contribution >= 0.6 is 0 Å². The number of methoxy groups -OCH3 is 1. The van der Waals surface area contributed by atoms with Gasteiger partial charge in [-0.2, -0.15) is 0 Å². The number of benzene rings is 1. The number of halogens is 2. The van der Waals surface area contributed by atoms with Gasteiger partial charge in [-0.3, -0.25) is 4.79 Å². The summed E-state index contributed by atoms with van der Waals surface area (Å²) in [4.78, 5) is 12.5. The number of rotatable bonds is 4. The summed E-state index contributed by atoms with van der Waals surface area (Å²) in [6.07, 6.45) is 5.52. The van der Waals surface area contributed by atoms with Crippen molar-refractivity contribution in [3.05, 3.63) is 35.4 Å². The van der Waals surface area contributed by atoms with Crippen molar-refractivity contribution in [1.29, 1.82) is 0 Å². The highest BCUT2D eigenvalue weighted by Crippen LogP contribution is 2.32. The largest absolute Gasteiger partial charge is 0.370 e. The van der Waals surface area contributed by atoms with Crippen LogP contribution in [0.5, 0.6) is 0 Å². The predicted octanol–water partition coefficient (Wildman–Crippen LogP) is 3.82. The number of hydrogen-bond donors (Lipinski definition) is 0. The van der Waals surface area contributed by atoms with Gasteiger partial charge in [-0.1, -0.05) is 25.7 Å². The van der Waals surface area contributed by atoms with Gasteiger partial charge >= 0.3 is 0 Å². The van der Waals surface area contributed by atoms with Crippen molar-refractivity contribution >= 4 is 5.78 Å². The average Bonchev–Trinajstić information content (AvgIpc) is 2.63. The lowest BCUT2D eigenvalue weighted by molar-refractivity contribution is -0.142. The first-order valence-corrected chi connectivity index (χ1v) is 7.09. The zero-order valence-corrected chi connectivity index (χ0v) is 11.8. The molecular formula is C16H20F2O2. The van der Waals surface area contributed by atoms with Crippen LogP contribution in [0, 0.1) is 11.6 Å². The Morgan fingerprint density at radius 1 is 1.10 bits per heavy atom. The fourth-order valence-corrected chi connectivity index (χ4v) is 2.96. The molecular weight excluding hydrogens is 262 g/mol. The topological polar surface area (TPSA) is 26.3 Å². The fraction of sp³-hybridized carbons (Fsp3) is 0.562. The molecule has 0 unspecified atom stereocenters. The van der Waals surface area contributed by atoms with Gasteiger partial charge in [0, 0.05) is 19.6 Å². The number of ketones is 1. The van der Waals surface area contributed by atoms with Gasteiger partial charge in [0.25, 0.3) is 0 Å². The Hall–Kier alpha value is -1.29. The Kier molecular flexibility index (Phi) is 4.86. The second kappa shape index (κ2) is 6.44. The van der Waals surface area contributed by atoms with Crippen LogP contribution in [-0.2, 0) is 16.0 Å². The van der Waals surface area contributed by atoms with Gasteiger partial charge in [0.1, 0.15) is 17.2 Å². The standard InChI is InChI=1S/C16H20F2O2/c1-20-16(6-4-2-3-5-7-16)15(19)10-12-8-13(17)11-14(18)9-12/h8-9,11H,2-7,10H2,1H3. The summed E-state index contributed by atoms with van der Waals surface area (Å²) < 4.78 is 31.9. The molecule has 4 heteroatoms. The van der Waals surface area contributed by atoms with Crippen LogP contribution in [0.25, 0.3) is 0 Å². The van der Waals surface area contributed by atoms with E-state index in [4.69, 9.17) is 4.74 Å². The Bertz CT molecular complexity index is 457. The monoisotopic (exact) mass is 282 g/mol. The molecule has 0 amide bonds. The zero-order valence-electron chi connectivity index (χ0n) is 11.8. The summed E-state index contributed by atoms with van der Waals surface area (Å²) in [6, 6.07) is 3.23. The Morgan fingerprint density at radius 3 is 2.15 bits per heavy atom. The zero-order chi connectivity index (χ0) is 14.6. The van der Waals surface area contributed by atoms with E-state index in [9.17, 15) is 13.6 Å². The molecule has 0 atom stereocenters. The smallest absolute Gasteiger partial charge is 0.168 e. The first-order chi connectivity index (χ1) is 9.55. The van der Waals surface area contributed by atoms with Crippen molar-refractivity contribution in [3.63, 3.8) is 0 Å². The lowest BCUT2D eigenvalue weighted by Gasteiger charge is -2.29. The molecule has 1 aromatic carbocycles. The maximum atomic E-state index is 13.2. The molecule has 1 saturated carbocycles. The van der Waals surface area contributed by atoms with Crippen LogP contribution in [-0.4, -0.2) is 18.5 Å². The van der Waals surface area contributed by atoms with Crippen LogP contribution in [0.3, 0.4) is 0 Å². The number of carbonyl (C=O) groups is 1. The Morgan fingerprint density at radius 2 is 1.65 bits per heavy atom. The van der Waals surface area contributed by atoms with Crippen LogP contribution in [0.4, 0.5) is 8.78 Å². The molecule has 1 aliphatic rings. The quantitative estimate of drug-likeness (QED) is 0.785. The molecule has 0 radical (unpaired) electrons. The minimum atomic E-state index is -0.778. The SMILES string of the molecule is COC1(C(=O)Cc2cc(F)cc(F)c2)CCCCCC1. The van der Waals surface area contributed by atoms with Gasteiger partial charge in [0.15, 0.2) is 5.78 Å². The molecule has 1 fully saturated rings. The highest BCUT2D eigenvalue weighted by Gasteiger charge is 2.38. The Balaban J connectivity index is 2.16. The van der Waals surface area contributed by atoms with E-state index in [1.165, 1.54) is 12.1 Å². The molecule has 0 saturated heterocycles. The van der Waals surface area contributed by atoms with Gasteiger partial charge in [-0.25, -0.2) is 8.78 Å². The maximum Gasteiger partial charge on any atom is 0.168 e. The highest BCUT2D eigenvalue weighted by atomic mass is 19.1. The van der Waals surface area contributed by atoms with E-state index in [2.05, 4.69) is 0 Å². The highest BCUT2D eigenvalue weighted by molar-refractivity contribution is 5.89. The summed E-state index contributed by atoms with van der Waals surface area (Å²) in [5, 5.41) is 0. The lowest BCUT2D eigenvalue weighted by atomic mass is 9.86. The molecule has 1 aliphatic carbocycles. The van der Waals surface area contributed by atoms with Gasteiger partial charge in [0.05, 0.1) is 0 Å². The van der Waals surface area contributed by atoms with E-state index in [1.807, 2.05) is 0 Å². The van der Waals surface area contributed by atoms with Crippen LogP contribution in [0.2, 0.25) is 0 Å². The predicted molar refractivity (Wildman–Crippen MR) is 72.5 cm³/mol. The first-order valence-electron chi connectivity index (χ1n) is 7.09. The molecule has 0 bridgehead atoms. The minimum absolute atomic E-state index is 0.0164. The first kappa shape index (κ1) is 15.1. The molecule has 110 valence electrons. The van der Waals surface area contributed by atoms with E-state index >= 15 is 0 Å². The molecule has 2 rings (SSSR count). The summed E-state index contributed by atoms with van der Waals surface area (Å²) in [7, 11) is 1.55. The molecule has 0 aromatic heterocycles. The van der Waals surface area contributed by atoms with Crippen molar-refractivity contribution in [2.24, 2.45) is 0 Å².